The minimum absolute atomic E-state index is 0.270. The Labute approximate surface area is 99.7 Å². The molecule has 1 N–H and O–H groups in total. The number of rotatable bonds is 5. The molecule has 0 bridgehead atoms. The van der Waals surface area contributed by atoms with Gasteiger partial charge in [-0.05, 0) is 30.1 Å². The minimum Gasteiger partial charge on any atom is -0.309 e. The SMILES string of the molecule is CCNC(Cc1ccccc1)c1csnn1. The molecule has 0 saturated carbocycles. The Bertz CT molecular complexity index is 399. The van der Waals surface area contributed by atoms with Gasteiger partial charge >= 0.3 is 0 Å². The molecular weight excluding hydrogens is 218 g/mol. The van der Waals surface area contributed by atoms with Crippen LogP contribution in [-0.2, 0) is 6.42 Å². The molecule has 1 unspecified atom stereocenters. The summed E-state index contributed by atoms with van der Waals surface area (Å²) in [5.41, 5.74) is 2.36. The summed E-state index contributed by atoms with van der Waals surface area (Å²) in [6.45, 7) is 3.05. The van der Waals surface area contributed by atoms with Crippen molar-refractivity contribution >= 4 is 11.5 Å². The van der Waals surface area contributed by atoms with Crippen LogP contribution in [0.15, 0.2) is 35.7 Å². The fourth-order valence-electron chi connectivity index (χ4n) is 1.70. The lowest BCUT2D eigenvalue weighted by atomic mass is 10.0. The van der Waals surface area contributed by atoms with Gasteiger partial charge in [-0.1, -0.05) is 41.7 Å². The summed E-state index contributed by atoms with van der Waals surface area (Å²) in [5, 5.41) is 9.59. The Morgan fingerprint density at radius 1 is 1.31 bits per heavy atom. The molecule has 4 heteroatoms. The smallest absolute Gasteiger partial charge is 0.0928 e. The van der Waals surface area contributed by atoms with Crippen LogP contribution in [0.25, 0.3) is 0 Å². The average Bonchev–Trinajstić information content (AvgIpc) is 2.83. The van der Waals surface area contributed by atoms with E-state index in [0.29, 0.717) is 0 Å². The summed E-state index contributed by atoms with van der Waals surface area (Å²) in [4.78, 5) is 0. The van der Waals surface area contributed by atoms with E-state index in [-0.39, 0.29) is 6.04 Å². The Morgan fingerprint density at radius 2 is 2.12 bits per heavy atom. The highest BCUT2D eigenvalue weighted by Gasteiger charge is 2.13. The summed E-state index contributed by atoms with van der Waals surface area (Å²) in [6, 6.07) is 10.7. The van der Waals surface area contributed by atoms with Gasteiger partial charge in [-0.15, -0.1) is 5.10 Å². The summed E-state index contributed by atoms with van der Waals surface area (Å²) in [7, 11) is 0. The van der Waals surface area contributed by atoms with Gasteiger partial charge in [0.15, 0.2) is 0 Å². The first-order valence-electron chi connectivity index (χ1n) is 5.44. The second-order valence-electron chi connectivity index (χ2n) is 3.63. The molecule has 1 heterocycles. The normalized spacial score (nSPS) is 12.6. The van der Waals surface area contributed by atoms with Crippen molar-refractivity contribution in [2.45, 2.75) is 19.4 Å². The van der Waals surface area contributed by atoms with E-state index in [2.05, 4.69) is 46.1 Å². The van der Waals surface area contributed by atoms with E-state index in [0.717, 1.165) is 18.7 Å². The molecule has 2 rings (SSSR count). The van der Waals surface area contributed by atoms with E-state index in [1.807, 2.05) is 11.4 Å². The third kappa shape index (κ3) is 2.87. The Morgan fingerprint density at radius 3 is 2.75 bits per heavy atom. The van der Waals surface area contributed by atoms with Gasteiger partial charge in [-0.3, -0.25) is 0 Å². The monoisotopic (exact) mass is 233 g/mol. The number of hydrogen-bond donors (Lipinski definition) is 1. The Kier molecular flexibility index (Phi) is 4.02. The highest BCUT2D eigenvalue weighted by atomic mass is 32.1. The van der Waals surface area contributed by atoms with Crippen LogP contribution < -0.4 is 5.32 Å². The molecule has 0 radical (unpaired) electrons. The maximum Gasteiger partial charge on any atom is 0.0928 e. The van der Waals surface area contributed by atoms with Crippen LogP contribution in [0.3, 0.4) is 0 Å². The van der Waals surface area contributed by atoms with E-state index in [4.69, 9.17) is 0 Å². The maximum absolute atomic E-state index is 4.14. The van der Waals surface area contributed by atoms with Crippen molar-refractivity contribution in [1.29, 1.82) is 0 Å². The molecule has 3 nitrogen and oxygen atoms in total. The van der Waals surface area contributed by atoms with Gasteiger partial charge in [-0.25, -0.2) is 0 Å². The molecule has 0 aliphatic carbocycles. The van der Waals surface area contributed by atoms with Gasteiger partial charge in [0.05, 0.1) is 11.7 Å². The third-order valence-electron chi connectivity index (χ3n) is 2.47. The minimum atomic E-state index is 0.270. The first-order valence-corrected chi connectivity index (χ1v) is 6.28. The fraction of sp³-hybridized carbons (Fsp3) is 0.333. The second kappa shape index (κ2) is 5.72. The largest absolute Gasteiger partial charge is 0.309 e. The number of nitrogens with one attached hydrogen (secondary N) is 1. The third-order valence-corrected chi connectivity index (χ3v) is 2.99. The first kappa shape index (κ1) is 11.2. The molecule has 0 spiro atoms. The van der Waals surface area contributed by atoms with Crippen molar-refractivity contribution in [3.63, 3.8) is 0 Å². The van der Waals surface area contributed by atoms with Crippen LogP contribution in [0.1, 0.15) is 24.2 Å². The van der Waals surface area contributed by atoms with E-state index >= 15 is 0 Å². The molecule has 84 valence electrons. The summed E-state index contributed by atoms with van der Waals surface area (Å²) < 4.78 is 3.92. The topological polar surface area (TPSA) is 37.8 Å². The van der Waals surface area contributed by atoms with E-state index in [9.17, 15) is 0 Å². The maximum atomic E-state index is 4.14. The van der Waals surface area contributed by atoms with Crippen LogP contribution in [-0.4, -0.2) is 16.1 Å². The number of aromatic nitrogens is 2. The van der Waals surface area contributed by atoms with Crippen molar-refractivity contribution in [3.05, 3.63) is 47.0 Å². The van der Waals surface area contributed by atoms with Gasteiger partial charge in [0.2, 0.25) is 0 Å². The molecule has 0 aliphatic rings. The lowest BCUT2D eigenvalue weighted by Crippen LogP contribution is -2.23. The molecule has 0 fully saturated rings. The van der Waals surface area contributed by atoms with E-state index < -0.39 is 0 Å². The zero-order valence-electron chi connectivity index (χ0n) is 9.26. The highest BCUT2D eigenvalue weighted by molar-refractivity contribution is 7.03. The molecule has 0 amide bonds. The lowest BCUT2D eigenvalue weighted by molar-refractivity contribution is 0.535. The molecule has 2 aromatic rings. The van der Waals surface area contributed by atoms with Crippen molar-refractivity contribution in [2.24, 2.45) is 0 Å². The standard InChI is InChI=1S/C12H15N3S/c1-2-13-11(12-9-16-15-14-12)8-10-6-4-3-5-7-10/h3-7,9,11,13H,2,8H2,1H3. The van der Waals surface area contributed by atoms with Gasteiger partial charge in [-0.2, -0.15) is 0 Å². The highest BCUT2D eigenvalue weighted by Crippen LogP contribution is 2.16. The van der Waals surface area contributed by atoms with Gasteiger partial charge < -0.3 is 5.32 Å². The van der Waals surface area contributed by atoms with E-state index in [1.54, 1.807) is 0 Å². The Hall–Kier alpha value is -1.26. The van der Waals surface area contributed by atoms with E-state index in [1.165, 1.54) is 17.1 Å². The lowest BCUT2D eigenvalue weighted by Gasteiger charge is -2.14. The predicted molar refractivity (Wildman–Crippen MR) is 66.5 cm³/mol. The van der Waals surface area contributed by atoms with Crippen molar-refractivity contribution in [3.8, 4) is 0 Å². The number of benzene rings is 1. The molecule has 1 aromatic carbocycles. The van der Waals surface area contributed by atoms with Crippen LogP contribution in [0, 0.1) is 0 Å². The molecular formula is C12H15N3S. The van der Waals surface area contributed by atoms with Crippen molar-refractivity contribution < 1.29 is 0 Å². The van der Waals surface area contributed by atoms with Crippen molar-refractivity contribution in [2.75, 3.05) is 6.54 Å². The molecule has 1 atom stereocenters. The van der Waals surface area contributed by atoms with Crippen molar-refractivity contribution in [1.82, 2.24) is 14.9 Å². The average molecular weight is 233 g/mol. The van der Waals surface area contributed by atoms with Crippen LogP contribution in [0.5, 0.6) is 0 Å². The number of likely N-dealkylation sites (N-methyl/N-ethyl adjacent to an activating group) is 1. The summed E-state index contributed by atoms with van der Waals surface area (Å²) in [6.07, 6.45) is 0.958. The summed E-state index contributed by atoms with van der Waals surface area (Å²) >= 11 is 1.40. The molecule has 0 aliphatic heterocycles. The molecule has 1 aromatic heterocycles. The molecule has 0 saturated heterocycles. The number of hydrogen-bond acceptors (Lipinski definition) is 4. The van der Waals surface area contributed by atoms with Gasteiger partial charge in [0.25, 0.3) is 0 Å². The summed E-state index contributed by atoms with van der Waals surface area (Å²) in [5.74, 6) is 0. The quantitative estimate of drug-likeness (QED) is 0.862. The zero-order chi connectivity index (χ0) is 11.2. The fourth-order valence-corrected chi connectivity index (χ4v) is 2.21. The Balaban J connectivity index is 2.09. The van der Waals surface area contributed by atoms with Crippen LogP contribution in [0.4, 0.5) is 0 Å². The van der Waals surface area contributed by atoms with Crippen LogP contribution >= 0.6 is 11.5 Å². The van der Waals surface area contributed by atoms with Gasteiger partial charge in [0.1, 0.15) is 0 Å². The van der Waals surface area contributed by atoms with Gasteiger partial charge in [0, 0.05) is 5.38 Å². The van der Waals surface area contributed by atoms with Crippen LogP contribution in [0.2, 0.25) is 0 Å². The molecule has 16 heavy (non-hydrogen) atoms. The number of nitrogens with zero attached hydrogens (tertiary/aromatic N) is 2. The second-order valence-corrected chi connectivity index (χ2v) is 4.24. The first-order chi connectivity index (χ1) is 7.90. The zero-order valence-corrected chi connectivity index (χ0v) is 10.1. The predicted octanol–water partition coefficient (Wildman–Crippen LogP) is 2.43.